The van der Waals surface area contributed by atoms with Crippen LogP contribution >= 0.6 is 11.8 Å². The van der Waals surface area contributed by atoms with Gasteiger partial charge in [-0.15, -0.1) is 0 Å². The molecule has 4 nitrogen and oxygen atoms in total. The molecule has 2 aliphatic rings. The van der Waals surface area contributed by atoms with Crippen LogP contribution in [0.15, 0.2) is 35.3 Å². The Kier molecular flexibility index (Phi) is 6.87. The molecule has 0 bridgehead atoms. The van der Waals surface area contributed by atoms with Gasteiger partial charge < -0.3 is 15.0 Å². The number of nitrogens with zero attached hydrogens (tertiary/aromatic N) is 2. The van der Waals surface area contributed by atoms with Crippen LogP contribution in [0, 0.1) is 5.92 Å². The zero-order chi connectivity index (χ0) is 18.4. The van der Waals surface area contributed by atoms with Crippen molar-refractivity contribution >= 4 is 17.7 Å². The van der Waals surface area contributed by atoms with Crippen LogP contribution in [0.5, 0.6) is 0 Å². The number of aliphatic imine (C=N–C) groups is 1. The Bertz CT molecular complexity index is 590. The summed E-state index contributed by atoms with van der Waals surface area (Å²) >= 11 is 2.06. The van der Waals surface area contributed by atoms with Gasteiger partial charge in [0.1, 0.15) is 0 Å². The molecule has 2 fully saturated rings. The highest BCUT2D eigenvalue weighted by molar-refractivity contribution is 8.00. The molecule has 0 saturated carbocycles. The molecule has 1 N–H and O–H groups in total. The van der Waals surface area contributed by atoms with Crippen molar-refractivity contribution < 1.29 is 4.74 Å². The van der Waals surface area contributed by atoms with Crippen LogP contribution < -0.4 is 5.32 Å². The summed E-state index contributed by atoms with van der Waals surface area (Å²) in [6, 6.07) is 10.6. The van der Waals surface area contributed by atoms with Gasteiger partial charge in [-0.3, -0.25) is 4.99 Å². The van der Waals surface area contributed by atoms with Gasteiger partial charge >= 0.3 is 0 Å². The van der Waals surface area contributed by atoms with E-state index in [1.54, 1.807) is 0 Å². The molecule has 2 unspecified atom stereocenters. The minimum Gasteiger partial charge on any atom is -0.373 e. The third-order valence-corrected chi connectivity index (χ3v) is 6.41. The Morgan fingerprint density at radius 3 is 2.88 bits per heavy atom. The van der Waals surface area contributed by atoms with Crippen LogP contribution in [-0.4, -0.2) is 54.1 Å². The molecule has 2 saturated heterocycles. The molecule has 2 aliphatic heterocycles. The maximum Gasteiger partial charge on any atom is 0.193 e. The van der Waals surface area contributed by atoms with E-state index in [-0.39, 0.29) is 10.9 Å². The summed E-state index contributed by atoms with van der Waals surface area (Å²) in [6.45, 7) is 11.5. The molecule has 0 aromatic heterocycles. The lowest BCUT2D eigenvalue weighted by atomic mass is 9.89. The lowest BCUT2D eigenvalue weighted by molar-refractivity contribution is -0.0250. The number of ether oxygens (including phenoxy) is 1. The molecular weight excluding hydrogens is 342 g/mol. The Morgan fingerprint density at radius 2 is 2.15 bits per heavy atom. The van der Waals surface area contributed by atoms with Crippen molar-refractivity contribution in [2.45, 2.75) is 44.5 Å². The van der Waals surface area contributed by atoms with E-state index >= 15 is 0 Å². The Morgan fingerprint density at radius 1 is 1.35 bits per heavy atom. The van der Waals surface area contributed by atoms with E-state index in [1.165, 1.54) is 12.0 Å². The second kappa shape index (κ2) is 9.14. The van der Waals surface area contributed by atoms with Crippen molar-refractivity contribution in [3.05, 3.63) is 35.9 Å². The average Bonchev–Trinajstić information content (AvgIpc) is 2.65. The van der Waals surface area contributed by atoms with Crippen molar-refractivity contribution in [2.75, 3.05) is 38.5 Å². The summed E-state index contributed by atoms with van der Waals surface area (Å²) in [5.41, 5.74) is 1.29. The SMILES string of the molecule is CCNC(=NCC1CCCOC1c1ccccc1)N1CCSC(C)(C)C1. The van der Waals surface area contributed by atoms with Gasteiger partial charge in [0.15, 0.2) is 5.96 Å². The second-order valence-electron chi connectivity index (χ2n) is 7.83. The summed E-state index contributed by atoms with van der Waals surface area (Å²) in [5, 5.41) is 3.51. The van der Waals surface area contributed by atoms with Crippen LogP contribution in [0.1, 0.15) is 45.3 Å². The van der Waals surface area contributed by atoms with E-state index < -0.39 is 0 Å². The maximum absolute atomic E-state index is 6.14. The Balaban J connectivity index is 1.71. The minimum absolute atomic E-state index is 0.171. The van der Waals surface area contributed by atoms with Crippen LogP contribution in [0.2, 0.25) is 0 Å². The van der Waals surface area contributed by atoms with Crippen molar-refractivity contribution in [2.24, 2.45) is 10.9 Å². The largest absolute Gasteiger partial charge is 0.373 e. The van der Waals surface area contributed by atoms with Gasteiger partial charge in [-0.25, -0.2) is 0 Å². The van der Waals surface area contributed by atoms with Crippen molar-refractivity contribution in [3.63, 3.8) is 0 Å². The minimum atomic E-state index is 0.171. The fourth-order valence-corrected chi connectivity index (χ4v) is 4.98. The van der Waals surface area contributed by atoms with Crippen LogP contribution in [0.3, 0.4) is 0 Å². The molecule has 0 amide bonds. The van der Waals surface area contributed by atoms with Gasteiger partial charge in [-0.2, -0.15) is 11.8 Å². The van der Waals surface area contributed by atoms with E-state index in [2.05, 4.69) is 73.1 Å². The highest BCUT2D eigenvalue weighted by Crippen LogP contribution is 2.34. The first-order chi connectivity index (χ1) is 12.6. The molecule has 144 valence electrons. The summed E-state index contributed by atoms with van der Waals surface area (Å²) in [6.07, 6.45) is 2.49. The third-order valence-electron chi connectivity index (χ3n) is 5.11. The first kappa shape index (κ1) is 19.6. The summed E-state index contributed by atoms with van der Waals surface area (Å²) in [5.74, 6) is 2.68. The summed E-state index contributed by atoms with van der Waals surface area (Å²) in [4.78, 5) is 7.48. The topological polar surface area (TPSA) is 36.9 Å². The van der Waals surface area contributed by atoms with E-state index in [1.807, 2.05) is 0 Å². The number of rotatable bonds is 4. The van der Waals surface area contributed by atoms with E-state index in [4.69, 9.17) is 9.73 Å². The van der Waals surface area contributed by atoms with Crippen LogP contribution in [0.25, 0.3) is 0 Å². The van der Waals surface area contributed by atoms with Crippen molar-refractivity contribution in [1.29, 1.82) is 0 Å². The molecule has 5 heteroatoms. The fourth-order valence-electron chi connectivity index (χ4n) is 3.87. The Labute approximate surface area is 162 Å². The van der Waals surface area contributed by atoms with Gasteiger partial charge in [-0.1, -0.05) is 30.3 Å². The first-order valence-corrected chi connectivity index (χ1v) is 10.9. The fraction of sp³-hybridized carbons (Fsp3) is 0.667. The average molecular weight is 376 g/mol. The van der Waals surface area contributed by atoms with Crippen molar-refractivity contribution in [1.82, 2.24) is 10.2 Å². The molecule has 0 spiro atoms. The molecule has 0 aliphatic carbocycles. The first-order valence-electron chi connectivity index (χ1n) is 9.93. The second-order valence-corrected chi connectivity index (χ2v) is 9.63. The Hall–Kier alpha value is -1.20. The molecule has 2 heterocycles. The number of benzene rings is 1. The number of nitrogens with one attached hydrogen (secondary N) is 1. The van der Waals surface area contributed by atoms with E-state index in [0.717, 1.165) is 50.9 Å². The van der Waals surface area contributed by atoms with E-state index in [0.29, 0.717) is 5.92 Å². The maximum atomic E-state index is 6.14. The number of guanidine groups is 1. The molecule has 2 atom stereocenters. The molecule has 0 radical (unpaired) electrons. The smallest absolute Gasteiger partial charge is 0.193 e. The third kappa shape index (κ3) is 5.17. The molecular formula is C21H33N3OS. The lowest BCUT2D eigenvalue weighted by Gasteiger charge is -2.39. The predicted molar refractivity (Wildman–Crippen MR) is 112 cm³/mol. The summed E-state index contributed by atoms with van der Waals surface area (Å²) in [7, 11) is 0. The van der Waals surface area contributed by atoms with Crippen molar-refractivity contribution in [3.8, 4) is 0 Å². The number of hydrogen-bond donors (Lipinski definition) is 1. The van der Waals surface area contributed by atoms with Gasteiger partial charge in [0, 0.05) is 49.2 Å². The molecule has 26 heavy (non-hydrogen) atoms. The molecule has 1 aromatic carbocycles. The van der Waals surface area contributed by atoms with Gasteiger partial charge in [0.2, 0.25) is 0 Å². The number of thioether (sulfide) groups is 1. The quantitative estimate of drug-likeness (QED) is 0.639. The number of hydrogen-bond acceptors (Lipinski definition) is 3. The zero-order valence-corrected chi connectivity index (χ0v) is 17.2. The van der Waals surface area contributed by atoms with Gasteiger partial charge in [-0.05, 0) is 39.2 Å². The normalized spacial score (nSPS) is 26.6. The highest BCUT2D eigenvalue weighted by Gasteiger charge is 2.30. The van der Waals surface area contributed by atoms with Gasteiger partial charge in [0.05, 0.1) is 6.10 Å². The molecule has 1 aromatic rings. The van der Waals surface area contributed by atoms with Crippen LogP contribution in [0.4, 0.5) is 0 Å². The zero-order valence-electron chi connectivity index (χ0n) is 16.4. The lowest BCUT2D eigenvalue weighted by Crippen LogP contribution is -2.51. The molecule has 3 rings (SSSR count). The van der Waals surface area contributed by atoms with Gasteiger partial charge in [0.25, 0.3) is 0 Å². The highest BCUT2D eigenvalue weighted by atomic mass is 32.2. The summed E-state index contributed by atoms with van der Waals surface area (Å²) < 4.78 is 6.43. The monoisotopic (exact) mass is 375 g/mol. The standard InChI is InChI=1S/C21H33N3OS/c1-4-22-20(24-12-14-26-21(2,3)16-24)23-15-18-11-8-13-25-19(18)17-9-6-5-7-10-17/h5-7,9-10,18-19H,4,8,11-16H2,1-3H3,(H,22,23). The van der Waals surface area contributed by atoms with Crippen LogP contribution in [-0.2, 0) is 4.74 Å². The predicted octanol–water partition coefficient (Wildman–Crippen LogP) is 3.95. The van der Waals surface area contributed by atoms with E-state index in [9.17, 15) is 0 Å².